The van der Waals surface area contributed by atoms with E-state index < -0.39 is 0 Å². The van der Waals surface area contributed by atoms with Crippen LogP contribution in [0.4, 0.5) is 4.39 Å². The molecule has 1 aromatic heterocycles. The number of carbonyl (C=O) groups excluding carboxylic acids is 1. The molecule has 134 valence electrons. The lowest BCUT2D eigenvalue weighted by Crippen LogP contribution is -2.34. The summed E-state index contributed by atoms with van der Waals surface area (Å²) in [6.07, 6.45) is 2.42. The van der Waals surface area contributed by atoms with Crippen molar-refractivity contribution in [3.63, 3.8) is 0 Å². The highest BCUT2D eigenvalue weighted by atomic mass is 19.1. The highest BCUT2D eigenvalue weighted by molar-refractivity contribution is 5.98. The molecule has 3 aromatic rings. The lowest BCUT2D eigenvalue weighted by atomic mass is 10.2. The van der Waals surface area contributed by atoms with Gasteiger partial charge in [0.05, 0.1) is 6.54 Å². The summed E-state index contributed by atoms with van der Waals surface area (Å²) in [6.45, 7) is 3.87. The van der Waals surface area contributed by atoms with Gasteiger partial charge in [0.15, 0.2) is 0 Å². The van der Waals surface area contributed by atoms with Crippen molar-refractivity contribution in [3.05, 3.63) is 71.7 Å². The Hall–Kier alpha value is -2.62. The number of rotatable bonds is 6. The van der Waals surface area contributed by atoms with Crippen LogP contribution in [0.5, 0.6) is 0 Å². The number of halogens is 1. The smallest absolute Gasteiger partial charge is 0.270 e. The van der Waals surface area contributed by atoms with E-state index in [1.165, 1.54) is 18.9 Å². The average Bonchev–Trinajstić information content (AvgIpc) is 3.41. The van der Waals surface area contributed by atoms with Crippen LogP contribution in [0.2, 0.25) is 0 Å². The van der Waals surface area contributed by atoms with E-state index >= 15 is 0 Å². The second-order valence-electron chi connectivity index (χ2n) is 7.05. The maximum Gasteiger partial charge on any atom is 0.270 e. The van der Waals surface area contributed by atoms with Gasteiger partial charge in [0, 0.05) is 29.6 Å². The van der Waals surface area contributed by atoms with Gasteiger partial charge in [-0.05, 0) is 43.9 Å². The summed E-state index contributed by atoms with van der Waals surface area (Å²) in [4.78, 5) is 15.1. The third kappa shape index (κ3) is 3.24. The highest BCUT2D eigenvalue weighted by Crippen LogP contribution is 2.31. The van der Waals surface area contributed by atoms with Crippen LogP contribution in [-0.4, -0.2) is 28.5 Å². The molecule has 0 N–H and O–H groups in total. The number of hydrogen-bond donors (Lipinski definition) is 0. The maximum absolute atomic E-state index is 14.2. The Kier molecular flexibility index (Phi) is 4.49. The molecule has 0 atom stereocenters. The first-order valence-corrected chi connectivity index (χ1v) is 9.28. The van der Waals surface area contributed by atoms with Gasteiger partial charge in [-0.15, -0.1) is 0 Å². The summed E-state index contributed by atoms with van der Waals surface area (Å²) in [5.74, 6) is 0.434. The molecule has 0 aliphatic heterocycles. The molecule has 26 heavy (non-hydrogen) atoms. The molecule has 0 unspecified atom stereocenters. The quantitative estimate of drug-likeness (QED) is 0.632. The van der Waals surface area contributed by atoms with E-state index in [1.807, 2.05) is 52.8 Å². The fourth-order valence-corrected chi connectivity index (χ4v) is 3.48. The van der Waals surface area contributed by atoms with Gasteiger partial charge in [0.1, 0.15) is 11.5 Å². The Bertz CT molecular complexity index is 942. The molecule has 0 radical (unpaired) electrons. The molecule has 1 aliphatic rings. The molecule has 1 aliphatic carbocycles. The summed E-state index contributed by atoms with van der Waals surface area (Å²) >= 11 is 0. The molecule has 3 nitrogen and oxygen atoms in total. The standard InChI is InChI=1S/C22H23FN2O/c1-2-24(14-16-11-12-16)22(26)21-13-17-7-4-6-10-20(17)25(21)15-18-8-3-5-9-19(18)23/h3-10,13,16H,2,11-12,14-15H2,1H3. The third-order valence-corrected chi connectivity index (χ3v) is 5.16. The monoisotopic (exact) mass is 350 g/mol. The van der Waals surface area contributed by atoms with Crippen LogP contribution in [0.25, 0.3) is 10.9 Å². The van der Waals surface area contributed by atoms with Gasteiger partial charge in [-0.1, -0.05) is 36.4 Å². The number of hydrogen-bond acceptors (Lipinski definition) is 1. The number of carbonyl (C=O) groups is 1. The van der Waals surface area contributed by atoms with Crippen LogP contribution in [0.3, 0.4) is 0 Å². The second kappa shape index (κ2) is 6.94. The van der Waals surface area contributed by atoms with Gasteiger partial charge in [-0.2, -0.15) is 0 Å². The first-order chi connectivity index (χ1) is 12.7. The van der Waals surface area contributed by atoms with E-state index in [0.717, 1.165) is 17.4 Å². The molecular formula is C22H23FN2O. The Balaban J connectivity index is 1.76. The molecule has 0 bridgehead atoms. The van der Waals surface area contributed by atoms with E-state index in [1.54, 1.807) is 12.1 Å². The van der Waals surface area contributed by atoms with Gasteiger partial charge < -0.3 is 9.47 Å². The maximum atomic E-state index is 14.2. The van der Waals surface area contributed by atoms with E-state index in [0.29, 0.717) is 30.3 Å². The van der Waals surface area contributed by atoms with Crippen LogP contribution in [0.15, 0.2) is 54.6 Å². The number of fused-ring (bicyclic) bond motifs is 1. The molecule has 1 heterocycles. The van der Waals surface area contributed by atoms with Crippen LogP contribution in [-0.2, 0) is 6.54 Å². The lowest BCUT2D eigenvalue weighted by Gasteiger charge is -2.22. The molecule has 4 heteroatoms. The summed E-state index contributed by atoms with van der Waals surface area (Å²) in [5, 5.41) is 1.01. The van der Waals surface area contributed by atoms with E-state index in [4.69, 9.17) is 0 Å². The lowest BCUT2D eigenvalue weighted by molar-refractivity contribution is 0.0747. The van der Waals surface area contributed by atoms with E-state index in [9.17, 15) is 9.18 Å². The van der Waals surface area contributed by atoms with E-state index in [2.05, 4.69) is 0 Å². The fourth-order valence-electron chi connectivity index (χ4n) is 3.48. The Morgan fingerprint density at radius 3 is 2.62 bits per heavy atom. The van der Waals surface area contributed by atoms with Gasteiger partial charge in [-0.3, -0.25) is 4.79 Å². The summed E-state index contributed by atoms with van der Waals surface area (Å²) in [6, 6.07) is 16.6. The number of aromatic nitrogens is 1. The highest BCUT2D eigenvalue weighted by Gasteiger charge is 2.28. The minimum Gasteiger partial charge on any atom is -0.337 e. The predicted molar refractivity (Wildman–Crippen MR) is 102 cm³/mol. The molecule has 0 spiro atoms. The van der Waals surface area contributed by atoms with Crippen molar-refractivity contribution in [1.29, 1.82) is 0 Å². The zero-order valence-corrected chi connectivity index (χ0v) is 15.0. The van der Waals surface area contributed by atoms with Crippen molar-refractivity contribution in [2.24, 2.45) is 5.92 Å². The third-order valence-electron chi connectivity index (χ3n) is 5.16. The van der Waals surface area contributed by atoms with Crippen LogP contribution in [0, 0.1) is 11.7 Å². The second-order valence-corrected chi connectivity index (χ2v) is 7.05. The van der Waals surface area contributed by atoms with Crippen molar-refractivity contribution < 1.29 is 9.18 Å². The summed E-state index contributed by atoms with van der Waals surface area (Å²) in [7, 11) is 0. The minimum atomic E-state index is -0.242. The number of amides is 1. The van der Waals surface area contributed by atoms with Gasteiger partial charge in [-0.25, -0.2) is 4.39 Å². The fraction of sp³-hybridized carbons (Fsp3) is 0.318. The van der Waals surface area contributed by atoms with Crippen LogP contribution in [0.1, 0.15) is 35.8 Å². The van der Waals surface area contributed by atoms with Crippen LogP contribution >= 0.6 is 0 Å². The van der Waals surface area contributed by atoms with Gasteiger partial charge in [0.2, 0.25) is 0 Å². The predicted octanol–water partition coefficient (Wildman–Crippen LogP) is 4.70. The van der Waals surface area contributed by atoms with Crippen molar-refractivity contribution in [1.82, 2.24) is 9.47 Å². The zero-order chi connectivity index (χ0) is 18.1. The largest absolute Gasteiger partial charge is 0.337 e. The molecule has 2 aromatic carbocycles. The Morgan fingerprint density at radius 2 is 1.88 bits per heavy atom. The van der Waals surface area contributed by atoms with Crippen molar-refractivity contribution in [3.8, 4) is 0 Å². The Morgan fingerprint density at radius 1 is 1.15 bits per heavy atom. The number of para-hydroxylation sites is 1. The minimum absolute atomic E-state index is 0.0342. The molecular weight excluding hydrogens is 327 g/mol. The van der Waals surface area contributed by atoms with Gasteiger partial charge in [0.25, 0.3) is 5.91 Å². The molecule has 0 saturated heterocycles. The van der Waals surface area contributed by atoms with E-state index in [-0.39, 0.29) is 11.7 Å². The van der Waals surface area contributed by atoms with Crippen LogP contribution < -0.4 is 0 Å². The normalized spacial score (nSPS) is 13.9. The zero-order valence-electron chi connectivity index (χ0n) is 15.0. The Labute approximate surface area is 153 Å². The summed E-state index contributed by atoms with van der Waals surface area (Å²) < 4.78 is 16.2. The van der Waals surface area contributed by atoms with Crippen molar-refractivity contribution >= 4 is 16.8 Å². The van der Waals surface area contributed by atoms with Crippen molar-refractivity contribution in [2.45, 2.75) is 26.3 Å². The summed E-state index contributed by atoms with van der Waals surface area (Å²) in [5.41, 5.74) is 2.19. The molecule has 1 fully saturated rings. The first kappa shape index (κ1) is 16.8. The SMILES string of the molecule is CCN(CC1CC1)C(=O)c1cc2ccccc2n1Cc1ccccc1F. The first-order valence-electron chi connectivity index (χ1n) is 9.28. The molecule has 1 saturated carbocycles. The average molecular weight is 350 g/mol. The number of benzene rings is 2. The number of nitrogens with zero attached hydrogens (tertiary/aromatic N) is 2. The van der Waals surface area contributed by atoms with Crippen molar-refractivity contribution in [2.75, 3.05) is 13.1 Å². The topological polar surface area (TPSA) is 25.2 Å². The molecule has 1 amide bonds. The molecule has 4 rings (SSSR count). The van der Waals surface area contributed by atoms with Gasteiger partial charge >= 0.3 is 0 Å².